The Morgan fingerprint density at radius 3 is 2.65 bits per heavy atom. The summed E-state index contributed by atoms with van der Waals surface area (Å²) in [5.41, 5.74) is 0. The quantitative estimate of drug-likeness (QED) is 0.220. The number of rotatable bonds is 13. The molecule has 2 aliphatic heterocycles. The van der Waals surface area contributed by atoms with Gasteiger partial charge in [0.15, 0.2) is 0 Å². The van der Waals surface area contributed by atoms with E-state index in [9.17, 15) is 18.9 Å². The number of carbonyl (C=O) groups is 3. The Balaban J connectivity index is 1.55. The fourth-order valence-electron chi connectivity index (χ4n) is 4.21. The second-order valence-electron chi connectivity index (χ2n) is 9.71. The van der Waals surface area contributed by atoms with Crippen molar-refractivity contribution in [2.45, 2.75) is 71.4 Å². The van der Waals surface area contributed by atoms with Crippen LogP contribution in [0.5, 0.6) is 5.75 Å². The van der Waals surface area contributed by atoms with E-state index in [1.807, 2.05) is 13.0 Å². The minimum atomic E-state index is -3.57. The van der Waals surface area contributed by atoms with Gasteiger partial charge in [0, 0.05) is 18.9 Å². The number of para-hydroxylation sites is 1. The molecule has 37 heavy (non-hydrogen) atoms. The molecular weight excluding hydrogens is 501 g/mol. The van der Waals surface area contributed by atoms with Gasteiger partial charge in [-0.05, 0) is 52.3 Å². The number of nitrogens with zero attached hydrogens (tertiary/aromatic N) is 1. The van der Waals surface area contributed by atoms with Gasteiger partial charge in [-0.1, -0.05) is 25.1 Å². The lowest BCUT2D eigenvalue weighted by molar-refractivity contribution is -0.149. The highest BCUT2D eigenvalue weighted by molar-refractivity contribution is 7.54. The molecule has 2 N–H and O–H groups in total. The first-order valence-electron chi connectivity index (χ1n) is 12.7. The van der Waals surface area contributed by atoms with Crippen LogP contribution in [-0.2, 0) is 28.2 Å². The largest absolute Gasteiger partial charge is 0.462 e. The first kappa shape index (κ1) is 29.1. The van der Waals surface area contributed by atoms with Crippen LogP contribution in [0.2, 0.25) is 0 Å². The Hall–Kier alpha value is -2.46. The Bertz CT molecular complexity index is 976. The van der Waals surface area contributed by atoms with Crippen LogP contribution in [0.15, 0.2) is 30.3 Å². The van der Waals surface area contributed by atoms with Crippen LogP contribution >= 0.6 is 7.60 Å². The zero-order valence-corrected chi connectivity index (χ0v) is 22.8. The van der Waals surface area contributed by atoms with Crippen molar-refractivity contribution in [3.63, 3.8) is 0 Å². The molecule has 12 heteroatoms. The van der Waals surface area contributed by atoms with Crippen LogP contribution in [0.4, 0.5) is 4.79 Å². The second kappa shape index (κ2) is 13.4. The third-order valence-electron chi connectivity index (χ3n) is 6.06. The molecule has 0 aromatic heterocycles. The fraction of sp³-hybridized carbons (Fsp3) is 0.640. The predicted octanol–water partition coefficient (Wildman–Crippen LogP) is 3.29. The molecule has 2 aliphatic rings. The van der Waals surface area contributed by atoms with E-state index >= 15 is 0 Å². The van der Waals surface area contributed by atoms with Crippen LogP contribution in [0.25, 0.3) is 0 Å². The van der Waals surface area contributed by atoms with Crippen LogP contribution in [0, 0.1) is 5.92 Å². The molecule has 3 amide bonds. The summed E-state index contributed by atoms with van der Waals surface area (Å²) in [6, 6.07) is 7.85. The third kappa shape index (κ3) is 8.81. The van der Waals surface area contributed by atoms with Crippen molar-refractivity contribution < 1.29 is 37.5 Å². The zero-order chi connectivity index (χ0) is 27.0. The number of imide groups is 1. The van der Waals surface area contributed by atoms with Gasteiger partial charge < -0.3 is 19.3 Å². The van der Waals surface area contributed by atoms with E-state index in [0.717, 1.165) is 0 Å². The summed E-state index contributed by atoms with van der Waals surface area (Å²) in [5.74, 6) is -0.200. The van der Waals surface area contributed by atoms with Gasteiger partial charge in [0.1, 0.15) is 18.0 Å². The maximum atomic E-state index is 13.7. The van der Waals surface area contributed by atoms with Gasteiger partial charge in [-0.25, -0.2) is 9.36 Å². The van der Waals surface area contributed by atoms with E-state index in [0.29, 0.717) is 31.7 Å². The Labute approximate surface area is 218 Å². The molecule has 0 bridgehead atoms. The summed E-state index contributed by atoms with van der Waals surface area (Å²) in [4.78, 5) is 37.2. The second-order valence-corrected chi connectivity index (χ2v) is 11.8. The molecule has 2 fully saturated rings. The van der Waals surface area contributed by atoms with Crippen LogP contribution in [0.1, 0.15) is 47.0 Å². The van der Waals surface area contributed by atoms with Crippen molar-refractivity contribution >= 4 is 25.5 Å². The highest BCUT2D eigenvalue weighted by Gasteiger charge is 2.41. The number of benzene rings is 1. The SMILES string of the molecule is CC(C)OC(=O)C(C)NCCCP(=O)(OCC1CC(C)C(N2CCC(=O)NC2=O)O1)Oc1ccccc1. The van der Waals surface area contributed by atoms with Gasteiger partial charge in [-0.3, -0.25) is 24.3 Å². The monoisotopic (exact) mass is 539 g/mol. The molecule has 206 valence electrons. The Morgan fingerprint density at radius 1 is 1.24 bits per heavy atom. The minimum absolute atomic E-state index is 0.0123. The van der Waals surface area contributed by atoms with Crippen LogP contribution in [-0.4, -0.2) is 73.1 Å². The molecule has 11 nitrogen and oxygen atoms in total. The third-order valence-corrected chi connectivity index (χ3v) is 7.95. The highest BCUT2D eigenvalue weighted by Crippen LogP contribution is 2.49. The standard InChI is InChI=1S/C25H38N3O8P/c1-17(2)34-24(30)19(4)26-12-8-14-37(32,36-20-9-6-5-7-10-20)33-16-21-15-18(3)23(35-21)28-13-11-22(29)27-25(28)31/h5-7,9-10,17-19,21,23,26H,8,11-16H2,1-4H3,(H,27,29,31). The van der Waals surface area contributed by atoms with Gasteiger partial charge in [0.25, 0.3) is 0 Å². The Kier molecular flexibility index (Phi) is 10.5. The number of carbonyl (C=O) groups excluding carboxylic acids is 3. The van der Waals surface area contributed by atoms with Crippen LogP contribution in [0.3, 0.4) is 0 Å². The maximum absolute atomic E-state index is 13.7. The van der Waals surface area contributed by atoms with Gasteiger partial charge in [0.05, 0.1) is 25.0 Å². The van der Waals surface area contributed by atoms with Gasteiger partial charge in [-0.2, -0.15) is 0 Å². The number of hydrogen-bond donors (Lipinski definition) is 2. The smallest absolute Gasteiger partial charge is 0.379 e. The molecule has 5 atom stereocenters. The highest BCUT2D eigenvalue weighted by atomic mass is 31.2. The van der Waals surface area contributed by atoms with Crippen molar-refractivity contribution in [2.24, 2.45) is 5.92 Å². The normalized spacial score (nSPS) is 24.5. The average molecular weight is 540 g/mol. The van der Waals surface area contributed by atoms with Gasteiger partial charge in [-0.15, -0.1) is 0 Å². The predicted molar refractivity (Wildman–Crippen MR) is 136 cm³/mol. The summed E-state index contributed by atoms with van der Waals surface area (Å²) in [6.07, 6.45) is 0.316. The van der Waals surface area contributed by atoms with E-state index < -0.39 is 25.9 Å². The molecule has 1 aromatic rings. The molecule has 5 unspecified atom stereocenters. The first-order valence-corrected chi connectivity index (χ1v) is 14.5. The van der Waals surface area contributed by atoms with E-state index in [1.54, 1.807) is 45.0 Å². The average Bonchev–Trinajstić information content (AvgIpc) is 3.21. The number of hydrogen-bond acceptors (Lipinski definition) is 9. The van der Waals surface area contributed by atoms with E-state index in [-0.39, 0.29) is 49.2 Å². The van der Waals surface area contributed by atoms with Crippen molar-refractivity contribution in [1.29, 1.82) is 0 Å². The van der Waals surface area contributed by atoms with Gasteiger partial charge >= 0.3 is 19.6 Å². The lowest BCUT2D eigenvalue weighted by atomic mass is 10.1. The maximum Gasteiger partial charge on any atom is 0.379 e. The first-order chi connectivity index (χ1) is 17.6. The zero-order valence-electron chi connectivity index (χ0n) is 21.9. The fourth-order valence-corrected chi connectivity index (χ4v) is 5.86. The molecule has 0 saturated carbocycles. The van der Waals surface area contributed by atoms with E-state index in [2.05, 4.69) is 10.6 Å². The molecular formula is C25H38N3O8P. The number of esters is 1. The minimum Gasteiger partial charge on any atom is -0.462 e. The molecule has 2 heterocycles. The van der Waals surface area contributed by atoms with E-state index in [1.165, 1.54) is 4.90 Å². The van der Waals surface area contributed by atoms with E-state index in [4.69, 9.17) is 18.5 Å². The van der Waals surface area contributed by atoms with Crippen molar-refractivity contribution in [2.75, 3.05) is 25.9 Å². The molecule has 0 spiro atoms. The molecule has 3 rings (SSSR count). The van der Waals surface area contributed by atoms with Crippen molar-refractivity contribution in [1.82, 2.24) is 15.5 Å². The summed E-state index contributed by atoms with van der Waals surface area (Å²) in [5, 5.41) is 5.39. The molecule has 0 aliphatic carbocycles. The summed E-state index contributed by atoms with van der Waals surface area (Å²) < 4.78 is 36.6. The molecule has 1 aromatic carbocycles. The lowest BCUT2D eigenvalue weighted by Crippen LogP contribution is -2.54. The summed E-state index contributed by atoms with van der Waals surface area (Å²) in [7, 11) is -3.57. The number of urea groups is 1. The topological polar surface area (TPSA) is 132 Å². The van der Waals surface area contributed by atoms with Crippen molar-refractivity contribution in [3.8, 4) is 5.75 Å². The van der Waals surface area contributed by atoms with Crippen LogP contribution < -0.4 is 15.2 Å². The Morgan fingerprint density at radius 2 is 1.97 bits per heavy atom. The molecule has 2 saturated heterocycles. The number of nitrogens with one attached hydrogen (secondary N) is 2. The lowest BCUT2D eigenvalue weighted by Gasteiger charge is -2.33. The number of amides is 3. The van der Waals surface area contributed by atoms with Crippen molar-refractivity contribution in [3.05, 3.63) is 30.3 Å². The van der Waals surface area contributed by atoms with Gasteiger partial charge in [0.2, 0.25) is 5.91 Å². The summed E-state index contributed by atoms with van der Waals surface area (Å²) in [6.45, 7) is 8.00. The summed E-state index contributed by atoms with van der Waals surface area (Å²) >= 11 is 0. The molecule has 0 radical (unpaired) electrons. The number of ether oxygens (including phenoxy) is 2.